The summed E-state index contributed by atoms with van der Waals surface area (Å²) in [4.78, 5) is 17.9. The van der Waals surface area contributed by atoms with Gasteiger partial charge < -0.3 is 15.2 Å². The van der Waals surface area contributed by atoms with Gasteiger partial charge in [0.25, 0.3) is 5.56 Å². The van der Waals surface area contributed by atoms with Crippen LogP contribution in [0.15, 0.2) is 83.7 Å². The maximum Gasteiger partial charge on any atom is 0.261 e. The Balaban J connectivity index is 1.65. The van der Waals surface area contributed by atoms with Crippen LogP contribution >= 0.6 is 0 Å². The lowest BCUT2D eigenvalue weighted by Crippen LogP contribution is -2.32. The molecular weight excluding hydrogens is 378 g/mol. The molecule has 0 saturated carbocycles. The van der Waals surface area contributed by atoms with E-state index < -0.39 is 6.10 Å². The molecule has 0 spiro atoms. The summed E-state index contributed by atoms with van der Waals surface area (Å²) in [6.07, 6.45) is -0.807. The molecule has 1 aromatic heterocycles. The molecule has 3 aromatic carbocycles. The van der Waals surface area contributed by atoms with Crippen LogP contribution in [0.2, 0.25) is 0 Å². The van der Waals surface area contributed by atoms with Crippen molar-refractivity contribution in [2.24, 2.45) is 0 Å². The SMILES string of the molecule is COc1ccccc1NCC(O)Cn1c(-c2ccccc2)nc2ccccc2c1=O. The minimum atomic E-state index is -0.807. The molecule has 2 N–H and O–H groups in total. The fourth-order valence-corrected chi connectivity index (χ4v) is 3.44. The highest BCUT2D eigenvalue weighted by molar-refractivity contribution is 5.79. The summed E-state index contributed by atoms with van der Waals surface area (Å²) < 4.78 is 6.88. The Labute approximate surface area is 174 Å². The third-order valence-electron chi connectivity index (χ3n) is 4.92. The van der Waals surface area contributed by atoms with Crippen LogP contribution in [0, 0.1) is 0 Å². The van der Waals surface area contributed by atoms with Gasteiger partial charge in [-0.25, -0.2) is 4.98 Å². The van der Waals surface area contributed by atoms with Crippen LogP contribution in [0.3, 0.4) is 0 Å². The molecule has 0 aliphatic rings. The Morgan fingerprint density at radius 3 is 2.50 bits per heavy atom. The lowest BCUT2D eigenvalue weighted by Gasteiger charge is -2.19. The summed E-state index contributed by atoms with van der Waals surface area (Å²) in [5.41, 5.74) is 2.08. The van der Waals surface area contributed by atoms with Crippen molar-refractivity contribution in [1.29, 1.82) is 0 Å². The van der Waals surface area contributed by atoms with Gasteiger partial charge in [0.1, 0.15) is 11.6 Å². The second kappa shape index (κ2) is 8.80. The maximum atomic E-state index is 13.2. The minimum absolute atomic E-state index is 0.114. The van der Waals surface area contributed by atoms with Gasteiger partial charge in [0.05, 0.1) is 36.3 Å². The molecule has 0 bridgehead atoms. The van der Waals surface area contributed by atoms with Crippen molar-refractivity contribution in [2.75, 3.05) is 19.0 Å². The number of nitrogens with one attached hydrogen (secondary N) is 1. The van der Waals surface area contributed by atoms with Gasteiger partial charge in [-0.1, -0.05) is 54.6 Å². The maximum absolute atomic E-state index is 13.2. The molecule has 152 valence electrons. The number of aliphatic hydroxyl groups is 1. The molecule has 4 rings (SSSR count). The van der Waals surface area contributed by atoms with Crippen LogP contribution < -0.4 is 15.6 Å². The standard InChI is InChI=1S/C24H23N3O3/c1-30-22-14-8-7-13-21(22)25-15-18(28)16-27-23(17-9-3-2-4-10-17)26-20-12-6-5-11-19(20)24(27)29/h2-14,18,25,28H,15-16H2,1H3. The number of nitrogens with zero attached hydrogens (tertiary/aromatic N) is 2. The van der Waals surface area contributed by atoms with Crippen LogP contribution in [0.25, 0.3) is 22.3 Å². The third kappa shape index (κ3) is 4.04. The summed E-state index contributed by atoms with van der Waals surface area (Å²) in [5, 5.41) is 14.4. The van der Waals surface area contributed by atoms with E-state index in [1.54, 1.807) is 17.7 Å². The van der Waals surface area contributed by atoms with E-state index in [-0.39, 0.29) is 18.6 Å². The number of aromatic nitrogens is 2. The van der Waals surface area contributed by atoms with Crippen LogP contribution in [0.4, 0.5) is 5.69 Å². The number of rotatable bonds is 7. The number of fused-ring (bicyclic) bond motifs is 1. The Morgan fingerprint density at radius 1 is 1.00 bits per heavy atom. The first-order chi connectivity index (χ1) is 14.7. The van der Waals surface area contributed by atoms with Crippen molar-refractivity contribution in [2.45, 2.75) is 12.6 Å². The molecule has 6 heteroatoms. The topological polar surface area (TPSA) is 76.4 Å². The highest BCUT2D eigenvalue weighted by atomic mass is 16.5. The van der Waals surface area contributed by atoms with E-state index in [0.717, 1.165) is 11.3 Å². The van der Waals surface area contributed by atoms with Crippen molar-refractivity contribution >= 4 is 16.6 Å². The summed E-state index contributed by atoms with van der Waals surface area (Å²) in [7, 11) is 1.60. The van der Waals surface area contributed by atoms with Crippen molar-refractivity contribution in [1.82, 2.24) is 9.55 Å². The largest absolute Gasteiger partial charge is 0.495 e. The number of methoxy groups -OCH3 is 1. The Hall–Kier alpha value is -3.64. The Morgan fingerprint density at radius 2 is 1.70 bits per heavy atom. The fourth-order valence-electron chi connectivity index (χ4n) is 3.44. The van der Waals surface area contributed by atoms with Crippen molar-refractivity contribution in [3.05, 3.63) is 89.2 Å². The second-order valence-electron chi connectivity index (χ2n) is 6.97. The van der Waals surface area contributed by atoms with E-state index in [1.165, 1.54) is 0 Å². The summed E-state index contributed by atoms with van der Waals surface area (Å²) in [5.74, 6) is 1.23. The predicted molar refractivity (Wildman–Crippen MR) is 119 cm³/mol. The Bertz CT molecular complexity index is 1210. The van der Waals surface area contributed by atoms with E-state index in [1.807, 2.05) is 72.8 Å². The fraction of sp³-hybridized carbons (Fsp3) is 0.167. The van der Waals surface area contributed by atoms with Crippen LogP contribution in [0.1, 0.15) is 0 Å². The first-order valence-corrected chi connectivity index (χ1v) is 9.77. The van der Waals surface area contributed by atoms with Crippen LogP contribution in [-0.4, -0.2) is 34.4 Å². The molecule has 4 aromatic rings. The molecule has 0 amide bonds. The molecule has 0 aliphatic heterocycles. The summed E-state index contributed by atoms with van der Waals surface area (Å²) in [6, 6.07) is 24.3. The van der Waals surface area contributed by atoms with Gasteiger partial charge in [-0.05, 0) is 24.3 Å². The highest BCUT2D eigenvalue weighted by Crippen LogP contribution is 2.23. The second-order valence-corrected chi connectivity index (χ2v) is 6.97. The first kappa shape index (κ1) is 19.7. The van der Waals surface area contributed by atoms with Crippen LogP contribution in [0.5, 0.6) is 5.75 Å². The number of para-hydroxylation sites is 3. The molecule has 0 fully saturated rings. The highest BCUT2D eigenvalue weighted by Gasteiger charge is 2.16. The number of hydrogen-bond acceptors (Lipinski definition) is 5. The number of aliphatic hydroxyl groups excluding tert-OH is 1. The van der Waals surface area contributed by atoms with Gasteiger partial charge in [0, 0.05) is 12.1 Å². The third-order valence-corrected chi connectivity index (χ3v) is 4.92. The molecule has 0 aliphatic carbocycles. The summed E-state index contributed by atoms with van der Waals surface area (Å²) in [6.45, 7) is 0.372. The van der Waals surface area contributed by atoms with Gasteiger partial charge in [0.15, 0.2) is 0 Å². The number of anilines is 1. The van der Waals surface area contributed by atoms with Gasteiger partial charge in [-0.15, -0.1) is 0 Å². The average Bonchev–Trinajstić information content (AvgIpc) is 2.80. The molecule has 6 nitrogen and oxygen atoms in total. The predicted octanol–water partition coefficient (Wildman–Crippen LogP) is 3.55. The summed E-state index contributed by atoms with van der Waals surface area (Å²) >= 11 is 0. The van der Waals surface area contributed by atoms with Crippen molar-refractivity contribution < 1.29 is 9.84 Å². The van der Waals surface area contributed by atoms with E-state index in [0.29, 0.717) is 22.5 Å². The van der Waals surface area contributed by atoms with E-state index in [2.05, 4.69) is 5.32 Å². The normalized spacial score (nSPS) is 11.9. The van der Waals surface area contributed by atoms with Crippen molar-refractivity contribution in [3.8, 4) is 17.1 Å². The average molecular weight is 401 g/mol. The Kier molecular flexibility index (Phi) is 5.77. The lowest BCUT2D eigenvalue weighted by atomic mass is 10.1. The number of benzene rings is 3. The monoisotopic (exact) mass is 401 g/mol. The first-order valence-electron chi connectivity index (χ1n) is 9.77. The van der Waals surface area contributed by atoms with Gasteiger partial charge in [-0.2, -0.15) is 0 Å². The molecule has 0 radical (unpaired) electrons. The van der Waals surface area contributed by atoms with E-state index in [4.69, 9.17) is 9.72 Å². The van der Waals surface area contributed by atoms with Crippen molar-refractivity contribution in [3.63, 3.8) is 0 Å². The molecule has 0 saturated heterocycles. The van der Waals surface area contributed by atoms with Gasteiger partial charge in [0.2, 0.25) is 0 Å². The number of ether oxygens (including phenoxy) is 1. The zero-order valence-corrected chi connectivity index (χ0v) is 16.7. The molecular formula is C24H23N3O3. The van der Waals surface area contributed by atoms with E-state index in [9.17, 15) is 9.90 Å². The zero-order valence-electron chi connectivity index (χ0n) is 16.7. The molecule has 1 atom stereocenters. The lowest BCUT2D eigenvalue weighted by molar-refractivity contribution is 0.165. The molecule has 1 unspecified atom stereocenters. The number of hydrogen-bond donors (Lipinski definition) is 2. The van der Waals surface area contributed by atoms with Crippen LogP contribution in [-0.2, 0) is 6.54 Å². The molecule has 1 heterocycles. The smallest absolute Gasteiger partial charge is 0.261 e. The van der Waals surface area contributed by atoms with Gasteiger partial charge >= 0.3 is 0 Å². The quantitative estimate of drug-likeness (QED) is 0.495. The van der Waals surface area contributed by atoms with Gasteiger partial charge in [-0.3, -0.25) is 9.36 Å². The molecule has 30 heavy (non-hydrogen) atoms. The van der Waals surface area contributed by atoms with E-state index >= 15 is 0 Å². The minimum Gasteiger partial charge on any atom is -0.495 e. The zero-order chi connectivity index (χ0) is 20.9.